The van der Waals surface area contributed by atoms with Crippen molar-refractivity contribution in [3.63, 3.8) is 0 Å². The second-order valence-electron chi connectivity index (χ2n) is 15.5. The van der Waals surface area contributed by atoms with E-state index in [9.17, 15) is 48.9 Å². The highest BCUT2D eigenvalue weighted by molar-refractivity contribution is 6.32. The zero-order valence-electron chi connectivity index (χ0n) is 31.7. The van der Waals surface area contributed by atoms with E-state index in [1.165, 1.54) is 31.1 Å². The van der Waals surface area contributed by atoms with E-state index in [0.29, 0.717) is 11.3 Å². The van der Waals surface area contributed by atoms with Crippen molar-refractivity contribution in [3.05, 3.63) is 133 Å². The van der Waals surface area contributed by atoms with Gasteiger partial charge < -0.3 is 14.7 Å². The van der Waals surface area contributed by atoms with Crippen LogP contribution in [0.3, 0.4) is 0 Å². The lowest BCUT2D eigenvalue weighted by Gasteiger charge is -2.49. The van der Waals surface area contributed by atoms with Crippen LogP contribution < -0.4 is 19.4 Å². The fourth-order valence-electron chi connectivity index (χ4n) is 9.54. The molecule has 15 nitrogen and oxygen atoms in total. The first-order valence-electron chi connectivity index (χ1n) is 18.6. The summed E-state index contributed by atoms with van der Waals surface area (Å²) >= 11 is 6.10. The number of phenols is 1. The second-order valence-corrected chi connectivity index (χ2v) is 15.9. The van der Waals surface area contributed by atoms with Gasteiger partial charge in [-0.3, -0.25) is 39.4 Å². The third-order valence-electron chi connectivity index (χ3n) is 12.2. The topological polar surface area (TPSA) is 194 Å². The molecule has 4 aliphatic rings. The Balaban J connectivity index is 1.23. The fraction of sp³-hybridized carbons (Fsp3) is 0.286. The second kappa shape index (κ2) is 14.3. The molecule has 0 spiro atoms. The van der Waals surface area contributed by atoms with Crippen LogP contribution in [0.25, 0.3) is 0 Å². The third-order valence-corrected chi connectivity index (χ3v) is 12.4. The number of rotatable bonds is 9. The van der Waals surface area contributed by atoms with Gasteiger partial charge in [-0.2, -0.15) is 0 Å². The van der Waals surface area contributed by atoms with Crippen molar-refractivity contribution in [3.8, 4) is 11.5 Å². The molecule has 2 aliphatic carbocycles. The van der Waals surface area contributed by atoms with Crippen LogP contribution in [-0.2, 0) is 25.8 Å². The average molecular weight is 824 g/mol. The maximum atomic E-state index is 14.8. The Morgan fingerprint density at radius 2 is 1.56 bits per heavy atom. The van der Waals surface area contributed by atoms with Crippen molar-refractivity contribution >= 4 is 63.7 Å². The number of imide groups is 2. The van der Waals surface area contributed by atoms with Crippen LogP contribution in [0.15, 0.2) is 90.5 Å². The summed E-state index contributed by atoms with van der Waals surface area (Å²) in [6, 6.07) is 19.3. The summed E-state index contributed by atoms with van der Waals surface area (Å²) in [5.41, 5.74) is -1.98. The minimum Gasteiger partial charge on any atom is -0.508 e. The fourth-order valence-corrected chi connectivity index (χ4v) is 9.71. The number of anilines is 3. The summed E-state index contributed by atoms with van der Waals surface area (Å²) in [7, 11) is 2.78. The molecule has 0 radical (unpaired) electrons. The summed E-state index contributed by atoms with van der Waals surface area (Å²) in [6.07, 6.45) is 1.62. The molecule has 6 atom stereocenters. The molecule has 1 saturated carbocycles. The molecule has 3 fully saturated rings. The predicted molar refractivity (Wildman–Crippen MR) is 211 cm³/mol. The molecule has 2 heterocycles. The molecule has 0 bridgehead atoms. The quantitative estimate of drug-likeness (QED) is 0.0785. The monoisotopic (exact) mass is 823 g/mol. The Kier molecular flexibility index (Phi) is 9.49. The van der Waals surface area contributed by atoms with Crippen molar-refractivity contribution in [2.24, 2.45) is 29.1 Å². The Hall–Kier alpha value is -6.68. The maximum Gasteiger partial charge on any atom is 0.301 e. The number of nitrogens with zero attached hydrogens (tertiary/aromatic N) is 5. The lowest BCUT2D eigenvalue weighted by Crippen LogP contribution is -2.48. The van der Waals surface area contributed by atoms with E-state index < -0.39 is 85.7 Å². The van der Waals surface area contributed by atoms with E-state index in [4.69, 9.17) is 16.3 Å². The van der Waals surface area contributed by atoms with Crippen molar-refractivity contribution in [2.75, 3.05) is 28.8 Å². The molecular formula is C42H35ClFN5O10. The third kappa shape index (κ3) is 6.08. The van der Waals surface area contributed by atoms with Gasteiger partial charge in [0.2, 0.25) is 23.6 Å². The van der Waals surface area contributed by atoms with Crippen LogP contribution in [0, 0.1) is 55.1 Å². The smallest absolute Gasteiger partial charge is 0.301 e. The summed E-state index contributed by atoms with van der Waals surface area (Å²) in [5.74, 6) is -8.74. The number of hydrogen-bond acceptors (Lipinski definition) is 11. The summed E-state index contributed by atoms with van der Waals surface area (Å²) in [5, 5.41) is 35.8. The number of nitro groups is 2. The van der Waals surface area contributed by atoms with E-state index in [1.54, 1.807) is 25.1 Å². The zero-order valence-corrected chi connectivity index (χ0v) is 32.5. The standard InChI is InChI=1S/C42H35ClFN5O10/c1-42-29(39(52)47(41(42)54)22-9-14-31(44)30(43)15-22)19-28-25(36(42)26-11-10-24(18-34(26)50)59-20-21-7-5-4-6-8-21)12-13-27-35(28)40(53)46(38(27)51)23-16-32(48(55)56)37(45(2)3)33(17-23)49(57)58/h4-12,14-18,27-29,35-36,50H,13,19-20H2,1-3H3. The van der Waals surface area contributed by atoms with Crippen molar-refractivity contribution in [1.29, 1.82) is 0 Å². The Bertz CT molecular complexity index is 2510. The maximum absolute atomic E-state index is 14.8. The van der Waals surface area contributed by atoms with Gasteiger partial charge >= 0.3 is 11.4 Å². The van der Waals surface area contributed by atoms with Gasteiger partial charge in [0.25, 0.3) is 0 Å². The Morgan fingerprint density at radius 3 is 2.17 bits per heavy atom. The van der Waals surface area contributed by atoms with Crippen LogP contribution >= 0.6 is 11.6 Å². The number of ether oxygens (including phenoxy) is 1. The first-order valence-corrected chi connectivity index (χ1v) is 19.0. The van der Waals surface area contributed by atoms with Gasteiger partial charge in [-0.1, -0.05) is 59.6 Å². The zero-order chi connectivity index (χ0) is 42.2. The number of halogens is 2. The lowest BCUT2D eigenvalue weighted by atomic mass is 9.51. The molecule has 1 N–H and O–H groups in total. The van der Waals surface area contributed by atoms with E-state index in [-0.39, 0.29) is 52.8 Å². The number of benzene rings is 4. The number of nitro benzene ring substituents is 2. The van der Waals surface area contributed by atoms with Crippen molar-refractivity contribution in [1.82, 2.24) is 0 Å². The summed E-state index contributed by atoms with van der Waals surface area (Å²) < 4.78 is 20.2. The lowest BCUT2D eigenvalue weighted by molar-refractivity contribution is -0.392. The van der Waals surface area contributed by atoms with Crippen molar-refractivity contribution in [2.45, 2.75) is 32.3 Å². The minimum absolute atomic E-state index is 0.0205. The first kappa shape index (κ1) is 39.2. The predicted octanol–water partition coefficient (Wildman–Crippen LogP) is 7.08. The van der Waals surface area contributed by atoms with E-state index in [2.05, 4.69) is 0 Å². The number of amides is 4. The highest BCUT2D eigenvalue weighted by atomic mass is 35.5. The summed E-state index contributed by atoms with van der Waals surface area (Å²) in [6.45, 7) is 1.80. The molecule has 4 aromatic carbocycles. The van der Waals surface area contributed by atoms with Crippen LogP contribution in [0.5, 0.6) is 11.5 Å². The van der Waals surface area contributed by atoms with E-state index >= 15 is 0 Å². The molecule has 6 unspecified atom stereocenters. The van der Waals surface area contributed by atoms with Gasteiger partial charge in [-0.25, -0.2) is 14.2 Å². The van der Waals surface area contributed by atoms with Gasteiger partial charge in [0.1, 0.15) is 23.9 Å². The molecule has 59 heavy (non-hydrogen) atoms. The molecule has 302 valence electrons. The Morgan fingerprint density at radius 1 is 0.881 bits per heavy atom. The summed E-state index contributed by atoms with van der Waals surface area (Å²) in [4.78, 5) is 83.8. The normalized spacial score (nSPS) is 24.7. The van der Waals surface area contributed by atoms with Crippen molar-refractivity contribution < 1.29 is 43.3 Å². The largest absolute Gasteiger partial charge is 0.508 e. The van der Waals surface area contributed by atoms with Gasteiger partial charge in [0.05, 0.1) is 49.4 Å². The molecular weight excluding hydrogens is 789 g/mol. The number of phenolic OH excluding ortho intramolecular Hbond substituents is 1. The number of carbonyl (C=O) groups excluding carboxylic acids is 4. The molecule has 2 saturated heterocycles. The molecule has 2 aliphatic heterocycles. The highest BCUT2D eigenvalue weighted by Crippen LogP contribution is 2.65. The van der Waals surface area contributed by atoms with E-state index in [1.807, 2.05) is 30.3 Å². The Labute approximate surface area is 340 Å². The number of allylic oxidation sites excluding steroid dienone is 2. The minimum atomic E-state index is -1.58. The highest BCUT2D eigenvalue weighted by Gasteiger charge is 2.68. The number of fused-ring (bicyclic) bond motifs is 4. The van der Waals surface area contributed by atoms with Gasteiger partial charge in [0.15, 0.2) is 5.69 Å². The first-order chi connectivity index (χ1) is 28.0. The average Bonchev–Trinajstić information content (AvgIpc) is 3.57. The number of hydrogen-bond donors (Lipinski definition) is 1. The molecule has 4 aromatic rings. The van der Waals surface area contributed by atoms with Gasteiger partial charge in [-0.05, 0) is 55.5 Å². The number of aromatic hydroxyl groups is 1. The number of carbonyl (C=O) groups is 4. The molecule has 0 aromatic heterocycles. The van der Waals surface area contributed by atoms with Gasteiger partial charge in [0, 0.05) is 43.8 Å². The SMILES string of the molecule is CN(C)c1c([N+](=O)[O-])cc(N2C(=O)C3CC=C4C(CC5C(=O)N(c6ccc(F)c(Cl)c6)C(=O)C5(C)C4c4ccc(OCc5ccccc5)cc4O)C3C2=O)cc1[N+](=O)[O-]. The molecule has 4 amide bonds. The van der Waals surface area contributed by atoms with Gasteiger partial charge in [-0.15, -0.1) is 0 Å². The van der Waals surface area contributed by atoms with Crippen LogP contribution in [0.2, 0.25) is 5.02 Å². The molecule has 8 rings (SSSR count). The van der Waals surface area contributed by atoms with Crippen LogP contribution in [-0.4, -0.2) is 52.7 Å². The molecule has 17 heteroatoms. The van der Waals surface area contributed by atoms with Crippen LogP contribution in [0.1, 0.15) is 36.8 Å². The van der Waals surface area contributed by atoms with Crippen LogP contribution in [0.4, 0.5) is 32.8 Å². The van der Waals surface area contributed by atoms with E-state index in [0.717, 1.165) is 39.6 Å².